The van der Waals surface area contributed by atoms with Crippen molar-refractivity contribution >= 4 is 7.81 Å². The number of nitrogens with zero attached hydrogens (tertiary/aromatic N) is 2. The van der Waals surface area contributed by atoms with Crippen LogP contribution in [0.25, 0.3) is 0 Å². The molecule has 0 N–H and O–H groups in total. The van der Waals surface area contributed by atoms with E-state index in [0.717, 1.165) is 0 Å². The van der Waals surface area contributed by atoms with Crippen molar-refractivity contribution < 1.29 is 43.7 Å². The van der Waals surface area contributed by atoms with Crippen LogP contribution < -0.4 is 0 Å². The standard InChI is InChI=1S/C2N2.Cu.F6P/c3-1-2-4;;1-7(2,3,4,5)6/q;;-1/p+1. The van der Waals surface area contributed by atoms with E-state index in [4.69, 9.17) is 10.5 Å². The molecule has 77 valence electrons. The summed E-state index contributed by atoms with van der Waals surface area (Å²) in [5.41, 5.74) is 0. The molecule has 0 aromatic carbocycles. The maximum absolute atomic E-state index is 10.7. The van der Waals surface area contributed by atoms with E-state index >= 15 is 0 Å². The van der Waals surface area contributed by atoms with Crippen LogP contribution in [0.15, 0.2) is 0 Å². The van der Waals surface area contributed by atoms with Crippen molar-refractivity contribution in [3.8, 4) is 12.1 Å². The average molecular weight is 262 g/mol. The van der Waals surface area contributed by atoms with Crippen molar-refractivity contribution in [2.45, 2.75) is 0 Å². The van der Waals surface area contributed by atoms with Gasteiger partial charge in [0.15, 0.2) is 12.1 Å². The molecule has 0 saturated carbocycles. The molecule has 0 aliphatic carbocycles. The molecule has 0 aliphatic rings. The van der Waals surface area contributed by atoms with Gasteiger partial charge in [-0.05, 0) is 0 Å². The molecule has 0 rings (SSSR count). The fourth-order valence-electron chi connectivity index (χ4n) is 0. The molecule has 0 aliphatic heterocycles. The van der Waals surface area contributed by atoms with Gasteiger partial charge in [0.05, 0.1) is 0 Å². The normalized spacial score (nSPS) is 14.3. The van der Waals surface area contributed by atoms with Crippen LogP contribution in [-0.2, 0) is 17.1 Å². The second kappa shape index (κ2) is 3.49. The Labute approximate surface area is 75.0 Å². The number of hydrogen-bond donors (Lipinski definition) is 0. The van der Waals surface area contributed by atoms with Gasteiger partial charge in [-0.2, -0.15) is 10.5 Å². The molecule has 0 unspecified atom stereocenters. The Kier molecular flexibility index (Phi) is 5.10. The predicted octanol–water partition coefficient (Wildman–Crippen LogP) is 3.53. The Balaban J connectivity index is -0.0000000600. The largest absolute Gasteiger partial charge is 1.00 e. The van der Waals surface area contributed by atoms with Crippen LogP contribution in [0.5, 0.6) is 0 Å². The van der Waals surface area contributed by atoms with E-state index in [1.165, 1.54) is 12.1 Å². The summed E-state index contributed by atoms with van der Waals surface area (Å²) >= 11 is 0. The third-order valence-corrected chi connectivity index (χ3v) is 0.0500. The minimum Gasteiger partial charge on any atom is -0.181 e. The molecule has 1 radical (unpaired) electrons. The SMILES string of the molecule is F[P-](F)(F)(F)(F)F.N#CC#N.[Cu].[H+]. The van der Waals surface area contributed by atoms with E-state index in [2.05, 4.69) is 0 Å². The van der Waals surface area contributed by atoms with Gasteiger partial charge in [0, 0.05) is 17.1 Å². The zero-order valence-corrected chi connectivity index (χ0v) is 6.75. The monoisotopic (exact) mass is 261 g/mol. The van der Waals surface area contributed by atoms with Gasteiger partial charge in [-0.15, -0.1) is 0 Å². The Hall–Kier alpha value is -0.491. The molecule has 0 saturated heterocycles. The van der Waals surface area contributed by atoms with Crippen LogP contribution in [0.1, 0.15) is 1.43 Å². The van der Waals surface area contributed by atoms with Crippen LogP contribution in [0, 0.1) is 22.7 Å². The summed E-state index contributed by atoms with van der Waals surface area (Å²) in [4.78, 5) is 0. The number of nitriles is 2. The van der Waals surface area contributed by atoms with Crippen molar-refractivity contribution in [2.24, 2.45) is 0 Å². The Morgan fingerprint density at radius 2 is 0.917 bits per heavy atom. The molecule has 0 aromatic rings. The van der Waals surface area contributed by atoms with Gasteiger partial charge in [0.2, 0.25) is 0 Å². The zero-order valence-electron chi connectivity index (χ0n) is 5.91. The van der Waals surface area contributed by atoms with E-state index in [1.54, 1.807) is 0 Å². The Bertz CT molecular complexity index is 196. The molecule has 0 spiro atoms. The average Bonchev–Trinajstić information content (AvgIpc) is 1.57. The second-order valence-electron chi connectivity index (χ2n) is 1.18. The zero-order chi connectivity index (χ0) is 9.82. The van der Waals surface area contributed by atoms with Gasteiger partial charge < -0.3 is 0 Å². The molecule has 12 heavy (non-hydrogen) atoms. The van der Waals surface area contributed by atoms with Crippen molar-refractivity contribution in [1.82, 2.24) is 0 Å². The minimum atomic E-state index is -10.7. The van der Waals surface area contributed by atoms with Crippen molar-refractivity contribution in [3.05, 3.63) is 0 Å². The minimum absolute atomic E-state index is 0. The fraction of sp³-hybridized carbons (Fsp3) is 0. The van der Waals surface area contributed by atoms with E-state index in [0.29, 0.717) is 0 Å². The molecular formula is C2HCuF6N2P. The topological polar surface area (TPSA) is 47.6 Å². The maximum atomic E-state index is 9.87. The second-order valence-corrected chi connectivity index (χ2v) is 3.10. The van der Waals surface area contributed by atoms with Crippen LogP contribution in [-0.4, -0.2) is 0 Å². The third kappa shape index (κ3) is 2650. The van der Waals surface area contributed by atoms with Crippen LogP contribution in [0.3, 0.4) is 0 Å². The molecule has 0 fully saturated rings. The van der Waals surface area contributed by atoms with Gasteiger partial charge in [-0.3, -0.25) is 0 Å². The maximum Gasteiger partial charge on any atom is 1.00 e. The quantitative estimate of drug-likeness (QED) is 0.380. The van der Waals surface area contributed by atoms with Gasteiger partial charge in [0.25, 0.3) is 0 Å². The summed E-state index contributed by atoms with van der Waals surface area (Å²) in [6.07, 6.45) is 0. The van der Waals surface area contributed by atoms with Gasteiger partial charge >= 0.3 is 34.4 Å². The molecular weight excluding hydrogens is 261 g/mol. The number of hydrogen-bond acceptors (Lipinski definition) is 2. The van der Waals surface area contributed by atoms with Gasteiger partial charge in [-0.1, -0.05) is 0 Å². The number of rotatable bonds is 0. The van der Waals surface area contributed by atoms with Crippen molar-refractivity contribution in [2.75, 3.05) is 0 Å². The Morgan fingerprint density at radius 3 is 0.917 bits per heavy atom. The van der Waals surface area contributed by atoms with E-state index in [9.17, 15) is 25.2 Å². The van der Waals surface area contributed by atoms with Gasteiger partial charge in [0.1, 0.15) is 0 Å². The summed E-state index contributed by atoms with van der Waals surface area (Å²) < 4.78 is 59.2. The van der Waals surface area contributed by atoms with Crippen LogP contribution in [0.4, 0.5) is 25.2 Å². The van der Waals surface area contributed by atoms with E-state index in [1.807, 2.05) is 0 Å². The molecule has 0 heterocycles. The van der Waals surface area contributed by atoms with Crippen LogP contribution in [0.2, 0.25) is 0 Å². The third-order valence-electron chi connectivity index (χ3n) is 0.0500. The summed E-state index contributed by atoms with van der Waals surface area (Å²) in [5, 5.41) is 14.5. The first-order valence-corrected chi connectivity index (χ1v) is 3.74. The Morgan fingerprint density at radius 1 is 0.833 bits per heavy atom. The molecule has 10 heteroatoms. The van der Waals surface area contributed by atoms with Gasteiger partial charge in [-0.25, -0.2) is 0 Å². The number of halogens is 6. The summed E-state index contributed by atoms with van der Waals surface area (Å²) in [6.45, 7) is 0. The molecule has 2 nitrogen and oxygen atoms in total. The smallest absolute Gasteiger partial charge is 0.181 e. The van der Waals surface area contributed by atoms with E-state index in [-0.39, 0.29) is 18.5 Å². The molecule has 0 bridgehead atoms. The summed E-state index contributed by atoms with van der Waals surface area (Å²) in [7, 11) is -10.7. The first-order valence-electron chi connectivity index (χ1n) is 1.71. The van der Waals surface area contributed by atoms with Crippen LogP contribution >= 0.6 is 7.81 Å². The predicted molar refractivity (Wildman–Crippen MR) is 25.9 cm³/mol. The molecule has 0 atom stereocenters. The molecule has 0 aromatic heterocycles. The summed E-state index contributed by atoms with van der Waals surface area (Å²) in [6, 6.07) is 2.47. The van der Waals surface area contributed by atoms with Crippen molar-refractivity contribution in [3.63, 3.8) is 0 Å². The fourth-order valence-corrected chi connectivity index (χ4v) is 0. The van der Waals surface area contributed by atoms with Crippen molar-refractivity contribution in [1.29, 1.82) is 10.5 Å². The summed E-state index contributed by atoms with van der Waals surface area (Å²) in [5.74, 6) is 0. The first kappa shape index (κ1) is 17.6. The molecule has 0 amide bonds. The first-order chi connectivity index (χ1) is 4.36. The van der Waals surface area contributed by atoms with E-state index < -0.39 is 7.81 Å².